The molecule has 2 heterocycles. The number of aromatic nitrogens is 1. The summed E-state index contributed by atoms with van der Waals surface area (Å²) in [4.78, 5) is 31.8. The van der Waals surface area contributed by atoms with E-state index in [0.717, 1.165) is 16.7 Å². The van der Waals surface area contributed by atoms with Crippen molar-refractivity contribution in [2.75, 3.05) is 4.90 Å². The maximum absolute atomic E-state index is 13.1. The fourth-order valence-electron chi connectivity index (χ4n) is 3.81. The van der Waals surface area contributed by atoms with Crippen molar-refractivity contribution in [1.82, 2.24) is 4.98 Å². The second-order valence-electron chi connectivity index (χ2n) is 8.04. The molecule has 3 aromatic rings. The van der Waals surface area contributed by atoms with E-state index in [1.54, 1.807) is 36.5 Å². The normalized spacial score (nSPS) is 18.1. The van der Waals surface area contributed by atoms with E-state index in [-0.39, 0.29) is 11.3 Å². The van der Waals surface area contributed by atoms with Crippen LogP contribution in [0.1, 0.15) is 48.1 Å². The smallest absolute Gasteiger partial charge is 0.301 e. The maximum atomic E-state index is 13.1. The molecule has 1 aliphatic heterocycles. The Kier molecular flexibility index (Phi) is 5.42. The Bertz CT molecular complexity index is 1150. The number of ketones is 1. The van der Waals surface area contributed by atoms with Gasteiger partial charge in [-0.25, -0.2) is 4.98 Å². The molecule has 1 amide bonds. The number of hydrogen-bond acceptors (Lipinski definition) is 4. The summed E-state index contributed by atoms with van der Waals surface area (Å²) in [6.45, 7) is 6.15. The zero-order valence-corrected chi connectivity index (χ0v) is 17.7. The van der Waals surface area contributed by atoms with Gasteiger partial charge < -0.3 is 5.11 Å². The standard InChI is InChI=1S/C26H24N2O3/c1-16(2)18-11-13-19(14-12-18)23-22(24(29)20-9-7-17(3)8-10-20)25(30)26(31)28(23)21-6-4-5-15-27-21/h4-16,23,29H,1-3H3/b24-22+. The van der Waals surface area contributed by atoms with Crippen molar-refractivity contribution in [1.29, 1.82) is 0 Å². The summed E-state index contributed by atoms with van der Waals surface area (Å²) in [6, 6.07) is 19.4. The molecule has 1 N–H and O–H groups in total. The van der Waals surface area contributed by atoms with Crippen LogP contribution in [0.15, 0.2) is 78.5 Å². The molecule has 2 aromatic carbocycles. The molecule has 31 heavy (non-hydrogen) atoms. The highest BCUT2D eigenvalue weighted by Gasteiger charge is 2.47. The molecule has 156 valence electrons. The zero-order valence-electron chi connectivity index (χ0n) is 17.7. The SMILES string of the molecule is Cc1ccc(/C(O)=C2\C(=O)C(=O)N(c3ccccn3)C2c2ccc(C(C)C)cc2)cc1. The largest absolute Gasteiger partial charge is 0.507 e. The number of carbonyl (C=O) groups is 2. The van der Waals surface area contributed by atoms with Crippen molar-refractivity contribution in [3.63, 3.8) is 0 Å². The number of amides is 1. The van der Waals surface area contributed by atoms with Gasteiger partial charge in [0.25, 0.3) is 5.78 Å². The Hall–Kier alpha value is -3.73. The molecule has 0 saturated carbocycles. The Morgan fingerprint density at radius 2 is 1.65 bits per heavy atom. The monoisotopic (exact) mass is 412 g/mol. The zero-order chi connectivity index (χ0) is 22.1. The molecule has 1 fully saturated rings. The predicted molar refractivity (Wildman–Crippen MR) is 121 cm³/mol. The van der Waals surface area contributed by atoms with E-state index in [0.29, 0.717) is 17.3 Å². The number of Topliss-reactive ketones (excluding diaryl/α,β-unsaturated/α-hetero) is 1. The first kappa shape index (κ1) is 20.5. The number of aliphatic hydroxyl groups is 1. The Labute approximate surface area is 181 Å². The van der Waals surface area contributed by atoms with Crippen LogP contribution in [-0.4, -0.2) is 21.8 Å². The van der Waals surface area contributed by atoms with Gasteiger partial charge in [-0.05, 0) is 36.1 Å². The lowest BCUT2D eigenvalue weighted by molar-refractivity contribution is -0.132. The fraction of sp³-hybridized carbons (Fsp3) is 0.192. The molecule has 4 rings (SSSR count). The van der Waals surface area contributed by atoms with Crippen molar-refractivity contribution in [2.24, 2.45) is 0 Å². The first-order chi connectivity index (χ1) is 14.9. The number of pyridine rings is 1. The number of benzene rings is 2. The van der Waals surface area contributed by atoms with Crippen LogP contribution in [0.4, 0.5) is 5.82 Å². The second kappa shape index (κ2) is 8.19. The van der Waals surface area contributed by atoms with E-state index in [1.807, 2.05) is 43.3 Å². The van der Waals surface area contributed by atoms with Crippen LogP contribution in [0.3, 0.4) is 0 Å². The topological polar surface area (TPSA) is 70.5 Å². The molecule has 0 bridgehead atoms. The number of aliphatic hydroxyl groups excluding tert-OH is 1. The number of carbonyl (C=O) groups excluding carboxylic acids is 2. The highest BCUT2D eigenvalue weighted by atomic mass is 16.3. The Balaban J connectivity index is 1.91. The van der Waals surface area contributed by atoms with Crippen LogP contribution in [-0.2, 0) is 9.59 Å². The first-order valence-corrected chi connectivity index (χ1v) is 10.3. The Morgan fingerprint density at radius 1 is 0.968 bits per heavy atom. The molecule has 1 saturated heterocycles. The van der Waals surface area contributed by atoms with Gasteiger partial charge in [0, 0.05) is 11.8 Å². The molecule has 0 aliphatic carbocycles. The quantitative estimate of drug-likeness (QED) is 0.366. The number of nitrogens with zero attached hydrogens (tertiary/aromatic N) is 2. The molecular formula is C26H24N2O3. The van der Waals surface area contributed by atoms with E-state index < -0.39 is 17.7 Å². The van der Waals surface area contributed by atoms with Crippen LogP contribution in [0.2, 0.25) is 0 Å². The molecule has 0 radical (unpaired) electrons. The van der Waals surface area contributed by atoms with Gasteiger partial charge in [-0.1, -0.05) is 74.0 Å². The van der Waals surface area contributed by atoms with Gasteiger partial charge in [0.2, 0.25) is 0 Å². The van der Waals surface area contributed by atoms with E-state index in [4.69, 9.17) is 0 Å². The molecule has 0 spiro atoms. The lowest BCUT2D eigenvalue weighted by Crippen LogP contribution is -2.30. The van der Waals surface area contributed by atoms with Gasteiger partial charge in [0.05, 0.1) is 11.6 Å². The molecule has 5 nitrogen and oxygen atoms in total. The van der Waals surface area contributed by atoms with Crippen molar-refractivity contribution < 1.29 is 14.7 Å². The minimum absolute atomic E-state index is 0.0665. The van der Waals surface area contributed by atoms with Gasteiger partial charge in [0.1, 0.15) is 11.6 Å². The van der Waals surface area contributed by atoms with Crippen LogP contribution in [0.25, 0.3) is 5.76 Å². The van der Waals surface area contributed by atoms with E-state index >= 15 is 0 Å². The van der Waals surface area contributed by atoms with Crippen LogP contribution in [0, 0.1) is 6.92 Å². The molecule has 1 unspecified atom stereocenters. The minimum Gasteiger partial charge on any atom is -0.507 e. The molecule has 1 aliphatic rings. The Morgan fingerprint density at radius 3 is 2.23 bits per heavy atom. The van der Waals surface area contributed by atoms with E-state index in [9.17, 15) is 14.7 Å². The highest BCUT2D eigenvalue weighted by Crippen LogP contribution is 2.41. The summed E-state index contributed by atoms with van der Waals surface area (Å²) in [7, 11) is 0. The summed E-state index contributed by atoms with van der Waals surface area (Å²) in [5.74, 6) is -0.893. The van der Waals surface area contributed by atoms with Gasteiger partial charge >= 0.3 is 5.91 Å². The van der Waals surface area contributed by atoms with Crippen molar-refractivity contribution in [2.45, 2.75) is 32.7 Å². The summed E-state index contributed by atoms with van der Waals surface area (Å²) in [5, 5.41) is 11.1. The van der Waals surface area contributed by atoms with Gasteiger partial charge in [-0.2, -0.15) is 0 Å². The lowest BCUT2D eigenvalue weighted by atomic mass is 9.93. The van der Waals surface area contributed by atoms with Gasteiger partial charge in [-0.3, -0.25) is 14.5 Å². The molecule has 1 aromatic heterocycles. The van der Waals surface area contributed by atoms with Crippen molar-refractivity contribution in [3.05, 3.63) is 101 Å². The van der Waals surface area contributed by atoms with Crippen molar-refractivity contribution in [3.8, 4) is 0 Å². The number of hydrogen-bond donors (Lipinski definition) is 1. The average Bonchev–Trinajstić information content (AvgIpc) is 3.05. The third-order valence-corrected chi connectivity index (χ3v) is 5.58. The summed E-state index contributed by atoms with van der Waals surface area (Å²) in [5.41, 5.74) is 3.48. The van der Waals surface area contributed by atoms with Crippen molar-refractivity contribution >= 4 is 23.3 Å². The van der Waals surface area contributed by atoms with Gasteiger partial charge in [-0.15, -0.1) is 0 Å². The van der Waals surface area contributed by atoms with Crippen LogP contribution in [0.5, 0.6) is 0 Å². The maximum Gasteiger partial charge on any atom is 0.301 e. The number of rotatable bonds is 4. The van der Waals surface area contributed by atoms with E-state index in [2.05, 4.69) is 18.8 Å². The molecular weight excluding hydrogens is 388 g/mol. The van der Waals surface area contributed by atoms with Gasteiger partial charge in [0.15, 0.2) is 0 Å². The predicted octanol–water partition coefficient (Wildman–Crippen LogP) is 5.14. The second-order valence-corrected chi connectivity index (χ2v) is 8.04. The molecule has 5 heteroatoms. The summed E-state index contributed by atoms with van der Waals surface area (Å²) >= 11 is 0. The third kappa shape index (κ3) is 3.75. The average molecular weight is 412 g/mol. The van der Waals surface area contributed by atoms with E-state index in [1.165, 1.54) is 4.90 Å². The summed E-state index contributed by atoms with van der Waals surface area (Å²) in [6.07, 6.45) is 1.58. The number of aryl methyl sites for hydroxylation is 1. The fourth-order valence-corrected chi connectivity index (χ4v) is 3.81. The minimum atomic E-state index is -0.766. The molecule has 1 atom stereocenters. The number of anilines is 1. The lowest BCUT2D eigenvalue weighted by Gasteiger charge is -2.24. The van der Waals surface area contributed by atoms with Crippen LogP contribution >= 0.6 is 0 Å². The highest BCUT2D eigenvalue weighted by molar-refractivity contribution is 6.51. The van der Waals surface area contributed by atoms with Crippen LogP contribution < -0.4 is 4.90 Å². The summed E-state index contributed by atoms with van der Waals surface area (Å²) < 4.78 is 0. The third-order valence-electron chi connectivity index (χ3n) is 5.58. The first-order valence-electron chi connectivity index (χ1n) is 10.3.